The van der Waals surface area contributed by atoms with Crippen LogP contribution in [0, 0.1) is 0 Å². The lowest BCUT2D eigenvalue weighted by atomic mass is 10.0. The van der Waals surface area contributed by atoms with Crippen LogP contribution in [0.4, 0.5) is 19.0 Å². The van der Waals surface area contributed by atoms with Crippen LogP contribution in [0.1, 0.15) is 18.1 Å². The van der Waals surface area contributed by atoms with Crippen LogP contribution >= 0.6 is 0 Å². The van der Waals surface area contributed by atoms with E-state index in [1.807, 2.05) is 6.92 Å². The quantitative estimate of drug-likeness (QED) is 0.609. The third kappa shape index (κ3) is 4.63. The maximum Gasteiger partial charge on any atom is 0.416 e. The number of nitrogens with zero attached hydrogens (tertiary/aromatic N) is 4. The largest absolute Gasteiger partial charge is 0.494 e. The van der Waals surface area contributed by atoms with Gasteiger partial charge in [-0.15, -0.1) is 0 Å². The van der Waals surface area contributed by atoms with Gasteiger partial charge in [0.25, 0.3) is 5.91 Å². The zero-order chi connectivity index (χ0) is 24.5. The predicted molar refractivity (Wildman–Crippen MR) is 124 cm³/mol. The van der Waals surface area contributed by atoms with E-state index in [0.29, 0.717) is 40.7 Å². The van der Waals surface area contributed by atoms with E-state index in [9.17, 15) is 18.0 Å². The second-order valence-corrected chi connectivity index (χ2v) is 7.54. The second kappa shape index (κ2) is 9.01. The standard InChI is InChI=1S/C25H21F3N4O2/c1-4-34-20-9-10-29-23(13-20)31(3)24(33)21-15-32-19(14-30-21)11-16(2)12-22(32)17-5-7-18(8-6-17)25(26,27)28/h5-15H,2,4H2,1,3H3. The van der Waals surface area contributed by atoms with Gasteiger partial charge in [0.15, 0.2) is 0 Å². The molecule has 34 heavy (non-hydrogen) atoms. The Morgan fingerprint density at radius 2 is 1.91 bits per heavy atom. The van der Waals surface area contributed by atoms with Gasteiger partial charge in [-0.1, -0.05) is 18.7 Å². The lowest BCUT2D eigenvalue weighted by molar-refractivity contribution is -0.137. The Balaban J connectivity index is 1.63. The second-order valence-electron chi connectivity index (χ2n) is 7.54. The predicted octanol–water partition coefficient (Wildman–Crippen LogP) is 5.18. The fourth-order valence-corrected chi connectivity index (χ4v) is 3.50. The molecule has 174 valence electrons. The highest BCUT2D eigenvalue weighted by Gasteiger charge is 2.31. The van der Waals surface area contributed by atoms with Crippen LogP contribution < -0.4 is 9.64 Å². The highest BCUT2D eigenvalue weighted by atomic mass is 19.4. The van der Waals surface area contributed by atoms with Gasteiger partial charge in [-0.25, -0.2) is 9.98 Å². The van der Waals surface area contributed by atoms with Crippen molar-refractivity contribution >= 4 is 23.6 Å². The first-order chi connectivity index (χ1) is 16.2. The van der Waals surface area contributed by atoms with Gasteiger partial charge < -0.3 is 9.64 Å². The molecule has 0 unspecified atom stereocenters. The number of carbonyl (C=O) groups is 1. The topological polar surface area (TPSA) is 58.0 Å². The van der Waals surface area contributed by atoms with Crippen molar-refractivity contribution in [1.29, 1.82) is 0 Å². The van der Waals surface area contributed by atoms with E-state index in [0.717, 1.165) is 12.1 Å². The van der Waals surface area contributed by atoms with Crippen molar-refractivity contribution in [3.63, 3.8) is 0 Å². The molecule has 2 aliphatic heterocycles. The Kier molecular flexibility index (Phi) is 6.10. The number of pyridine rings is 1. The van der Waals surface area contributed by atoms with Crippen LogP contribution in [0.2, 0.25) is 0 Å². The van der Waals surface area contributed by atoms with E-state index in [-0.39, 0.29) is 5.70 Å². The van der Waals surface area contributed by atoms with Gasteiger partial charge in [-0.3, -0.25) is 9.69 Å². The number of anilines is 1. The average Bonchev–Trinajstić information content (AvgIpc) is 2.82. The molecule has 2 aliphatic rings. The number of halogens is 3. The third-order valence-corrected chi connectivity index (χ3v) is 5.18. The Bertz CT molecular complexity index is 1260. The molecule has 0 fully saturated rings. The first-order valence-electron chi connectivity index (χ1n) is 10.4. The van der Waals surface area contributed by atoms with Gasteiger partial charge in [-0.2, -0.15) is 13.2 Å². The minimum atomic E-state index is -4.43. The monoisotopic (exact) mass is 466 g/mol. The molecule has 1 aromatic carbocycles. The van der Waals surface area contributed by atoms with Gasteiger partial charge in [0.05, 0.1) is 29.8 Å². The van der Waals surface area contributed by atoms with Gasteiger partial charge in [-0.05, 0) is 48.4 Å². The van der Waals surface area contributed by atoms with Crippen molar-refractivity contribution < 1.29 is 22.7 Å². The normalized spacial score (nSPS) is 15.3. The van der Waals surface area contributed by atoms with Crippen LogP contribution in [0.25, 0.3) is 5.70 Å². The zero-order valence-electron chi connectivity index (χ0n) is 18.5. The van der Waals surface area contributed by atoms with Crippen molar-refractivity contribution in [1.82, 2.24) is 9.88 Å². The zero-order valence-corrected chi connectivity index (χ0v) is 18.5. The first-order valence-corrected chi connectivity index (χ1v) is 10.4. The minimum Gasteiger partial charge on any atom is -0.494 e. The Morgan fingerprint density at radius 3 is 2.59 bits per heavy atom. The van der Waals surface area contributed by atoms with E-state index >= 15 is 0 Å². The number of fused-ring (bicyclic) bond motifs is 1. The summed E-state index contributed by atoms with van der Waals surface area (Å²) in [5, 5.41) is 0. The number of likely N-dealkylation sites (N-methyl/N-ethyl adjacent to an activating group) is 1. The summed E-state index contributed by atoms with van der Waals surface area (Å²) in [5.41, 5.74) is 1.80. The summed E-state index contributed by atoms with van der Waals surface area (Å²) in [4.78, 5) is 24.7. The molecule has 3 heterocycles. The summed E-state index contributed by atoms with van der Waals surface area (Å²) in [6.45, 7) is 6.28. The summed E-state index contributed by atoms with van der Waals surface area (Å²) in [5.74, 6) is 0.562. The molecule has 0 spiro atoms. The van der Waals surface area contributed by atoms with Crippen LogP contribution in [-0.4, -0.2) is 35.7 Å². The molecule has 0 radical (unpaired) electrons. The molecule has 0 N–H and O–H groups in total. The molecule has 0 aliphatic carbocycles. The number of allylic oxidation sites excluding steroid dienone is 4. The third-order valence-electron chi connectivity index (χ3n) is 5.18. The number of ether oxygens (including phenoxy) is 1. The smallest absolute Gasteiger partial charge is 0.416 e. The van der Waals surface area contributed by atoms with Gasteiger partial charge >= 0.3 is 6.18 Å². The molecule has 1 aromatic heterocycles. The number of benzene rings is 1. The van der Waals surface area contributed by atoms with Crippen molar-refractivity contribution in [2.75, 3.05) is 18.6 Å². The highest BCUT2D eigenvalue weighted by Crippen LogP contribution is 2.35. The van der Waals surface area contributed by atoms with E-state index in [4.69, 9.17) is 4.74 Å². The number of alkyl halides is 3. The minimum absolute atomic E-state index is 0.133. The van der Waals surface area contributed by atoms with Crippen LogP contribution in [-0.2, 0) is 11.0 Å². The number of aromatic nitrogens is 1. The lowest BCUT2D eigenvalue weighted by Gasteiger charge is -2.31. The number of aliphatic imine (C=N–C) groups is 1. The van der Waals surface area contributed by atoms with E-state index in [1.165, 1.54) is 23.2 Å². The van der Waals surface area contributed by atoms with E-state index in [1.54, 1.807) is 48.6 Å². The summed E-state index contributed by atoms with van der Waals surface area (Å²) in [6, 6.07) is 8.17. The maximum absolute atomic E-state index is 13.2. The van der Waals surface area contributed by atoms with Crippen molar-refractivity contribution in [3.05, 3.63) is 95.6 Å². The summed E-state index contributed by atoms with van der Waals surface area (Å²) >= 11 is 0. The van der Waals surface area contributed by atoms with Crippen molar-refractivity contribution in [2.45, 2.75) is 13.1 Å². The molecule has 0 saturated carbocycles. The van der Waals surface area contributed by atoms with Crippen molar-refractivity contribution in [3.8, 4) is 5.75 Å². The Labute approximate surface area is 194 Å². The fourth-order valence-electron chi connectivity index (χ4n) is 3.50. The van der Waals surface area contributed by atoms with Crippen LogP contribution in [0.15, 0.2) is 89.5 Å². The Hall–Kier alpha value is -4.14. The van der Waals surface area contributed by atoms with Crippen LogP contribution in [0.5, 0.6) is 5.75 Å². The SMILES string of the molecule is C=C1C=C2C=NC(C(=O)N(C)c3cc(OCC)ccn3)=CN2C(c2ccc(C(F)(F)F)cc2)=C1. The summed E-state index contributed by atoms with van der Waals surface area (Å²) in [7, 11) is 1.58. The molecule has 0 atom stereocenters. The molecule has 2 aromatic rings. The Morgan fingerprint density at radius 1 is 1.18 bits per heavy atom. The molecule has 6 nitrogen and oxygen atoms in total. The van der Waals surface area contributed by atoms with Crippen LogP contribution in [0.3, 0.4) is 0 Å². The molecule has 1 amide bonds. The van der Waals surface area contributed by atoms with E-state index in [2.05, 4.69) is 16.6 Å². The fraction of sp³-hybridized carbons (Fsp3) is 0.160. The molecule has 4 rings (SSSR count). The number of hydrogen-bond donors (Lipinski definition) is 0. The maximum atomic E-state index is 13.2. The van der Waals surface area contributed by atoms with E-state index < -0.39 is 17.6 Å². The number of carbonyl (C=O) groups excluding carboxylic acids is 1. The molecule has 0 bridgehead atoms. The van der Waals surface area contributed by atoms with Gasteiger partial charge in [0, 0.05) is 25.5 Å². The number of rotatable bonds is 5. The molecular formula is C25H21F3N4O2. The van der Waals surface area contributed by atoms with Gasteiger partial charge in [0.2, 0.25) is 0 Å². The summed E-state index contributed by atoms with van der Waals surface area (Å²) in [6.07, 6.45) is 3.70. The molecule has 9 heteroatoms. The number of hydrogen-bond acceptors (Lipinski definition) is 5. The summed E-state index contributed by atoms with van der Waals surface area (Å²) < 4.78 is 44.4. The number of amides is 1. The average molecular weight is 466 g/mol. The van der Waals surface area contributed by atoms with Crippen molar-refractivity contribution in [2.24, 2.45) is 4.99 Å². The molecular weight excluding hydrogens is 445 g/mol. The highest BCUT2D eigenvalue weighted by molar-refractivity contribution is 6.07. The molecule has 0 saturated heterocycles. The van der Waals surface area contributed by atoms with Gasteiger partial charge in [0.1, 0.15) is 17.3 Å². The lowest BCUT2D eigenvalue weighted by Crippen LogP contribution is -2.31. The first kappa shape index (κ1) is 23.0.